The van der Waals surface area contributed by atoms with Gasteiger partial charge >= 0.3 is 29.6 Å². The zero-order valence-corrected chi connectivity index (χ0v) is 16.7. The van der Waals surface area contributed by atoms with Crippen molar-refractivity contribution in [1.29, 1.82) is 0 Å². The number of unbranched alkanes of at least 4 members (excludes halogenated alkanes) is 9. The summed E-state index contributed by atoms with van der Waals surface area (Å²) in [4.78, 5) is 10.2. The smallest absolute Gasteiger partial charge is 0.550 e. The molecule has 3 nitrogen and oxygen atoms in total. The molecule has 0 bridgehead atoms. The predicted molar refractivity (Wildman–Crippen MR) is 85.8 cm³/mol. The molecule has 0 amide bonds. The SMILES string of the molecule is CCCCCCCC/C=C\C(O)CCCCCCC(=O)[O-].[Na+]. The van der Waals surface area contributed by atoms with Crippen LogP contribution >= 0.6 is 0 Å². The largest absolute Gasteiger partial charge is 1.00 e. The van der Waals surface area contributed by atoms with E-state index in [4.69, 9.17) is 0 Å². The first-order chi connectivity index (χ1) is 10.2. The molecule has 1 unspecified atom stereocenters. The minimum absolute atomic E-state index is 0. The summed E-state index contributed by atoms with van der Waals surface area (Å²) in [7, 11) is 0. The molecule has 0 heterocycles. The third kappa shape index (κ3) is 20.2. The van der Waals surface area contributed by atoms with Gasteiger partial charge in [-0.25, -0.2) is 0 Å². The Kier molecular flexibility index (Phi) is 21.3. The average molecular weight is 320 g/mol. The van der Waals surface area contributed by atoms with Crippen LogP contribution in [0, 0.1) is 0 Å². The van der Waals surface area contributed by atoms with E-state index in [-0.39, 0.29) is 42.1 Å². The molecule has 0 fully saturated rings. The first kappa shape index (κ1) is 24.4. The fraction of sp³-hybridized carbons (Fsp3) is 0.833. The van der Waals surface area contributed by atoms with Crippen molar-refractivity contribution in [3.8, 4) is 0 Å². The molecule has 0 aliphatic rings. The number of rotatable bonds is 15. The van der Waals surface area contributed by atoms with E-state index in [1.165, 1.54) is 38.5 Å². The molecule has 0 aliphatic carbocycles. The van der Waals surface area contributed by atoms with Gasteiger partial charge in [-0.15, -0.1) is 0 Å². The minimum Gasteiger partial charge on any atom is -0.550 e. The zero-order valence-electron chi connectivity index (χ0n) is 14.7. The van der Waals surface area contributed by atoms with Gasteiger partial charge in [0.15, 0.2) is 0 Å². The first-order valence-electron chi connectivity index (χ1n) is 8.71. The van der Waals surface area contributed by atoms with Gasteiger partial charge in [0.25, 0.3) is 0 Å². The molecule has 0 aromatic heterocycles. The van der Waals surface area contributed by atoms with Crippen LogP contribution in [-0.2, 0) is 4.79 Å². The molecular weight excluding hydrogens is 287 g/mol. The molecular formula is C18H33NaO3. The van der Waals surface area contributed by atoms with Crippen molar-refractivity contribution in [3.63, 3.8) is 0 Å². The Hall–Kier alpha value is 0.170. The number of aliphatic carboxylic acids is 1. The molecule has 0 aliphatic heterocycles. The van der Waals surface area contributed by atoms with Gasteiger partial charge in [0.05, 0.1) is 6.10 Å². The van der Waals surface area contributed by atoms with Crippen molar-refractivity contribution >= 4 is 5.97 Å². The Morgan fingerprint density at radius 1 is 1.00 bits per heavy atom. The topological polar surface area (TPSA) is 60.4 Å². The summed E-state index contributed by atoms with van der Waals surface area (Å²) in [5.41, 5.74) is 0. The number of carbonyl (C=O) groups is 1. The van der Waals surface area contributed by atoms with Gasteiger partial charge in [0, 0.05) is 5.97 Å². The maximum atomic E-state index is 10.2. The fourth-order valence-corrected chi connectivity index (χ4v) is 2.37. The van der Waals surface area contributed by atoms with E-state index < -0.39 is 5.97 Å². The van der Waals surface area contributed by atoms with Crippen LogP contribution in [0.2, 0.25) is 0 Å². The van der Waals surface area contributed by atoms with Crippen LogP contribution < -0.4 is 34.7 Å². The molecule has 4 heteroatoms. The van der Waals surface area contributed by atoms with Crippen LogP contribution in [0.3, 0.4) is 0 Å². The van der Waals surface area contributed by atoms with E-state index in [2.05, 4.69) is 13.0 Å². The number of carbonyl (C=O) groups excluding carboxylic acids is 1. The van der Waals surface area contributed by atoms with Gasteiger partial charge in [-0.2, -0.15) is 0 Å². The second kappa shape index (κ2) is 19.2. The zero-order chi connectivity index (χ0) is 15.8. The molecule has 1 atom stereocenters. The van der Waals surface area contributed by atoms with Gasteiger partial charge in [0.2, 0.25) is 0 Å². The van der Waals surface area contributed by atoms with Crippen molar-refractivity contribution in [2.24, 2.45) is 0 Å². The molecule has 0 aromatic rings. The Morgan fingerprint density at radius 3 is 2.27 bits per heavy atom. The monoisotopic (exact) mass is 320 g/mol. The second-order valence-corrected chi connectivity index (χ2v) is 5.88. The maximum absolute atomic E-state index is 10.2. The maximum Gasteiger partial charge on any atom is 1.00 e. The molecule has 0 spiro atoms. The molecule has 124 valence electrons. The van der Waals surface area contributed by atoms with Gasteiger partial charge in [0.1, 0.15) is 0 Å². The van der Waals surface area contributed by atoms with E-state index >= 15 is 0 Å². The molecule has 0 rings (SSSR count). The summed E-state index contributed by atoms with van der Waals surface area (Å²) in [5.74, 6) is -0.965. The van der Waals surface area contributed by atoms with Crippen LogP contribution in [0.1, 0.15) is 90.4 Å². The quantitative estimate of drug-likeness (QED) is 0.275. The molecule has 0 saturated carbocycles. The minimum atomic E-state index is -0.965. The Balaban J connectivity index is 0. The number of aliphatic hydroxyl groups excluding tert-OH is 1. The summed E-state index contributed by atoms with van der Waals surface area (Å²) < 4.78 is 0. The number of hydrogen-bond donors (Lipinski definition) is 1. The predicted octanol–water partition coefficient (Wildman–Crippen LogP) is 0.749. The van der Waals surface area contributed by atoms with E-state index in [1.54, 1.807) is 0 Å². The Morgan fingerprint density at radius 2 is 1.59 bits per heavy atom. The summed E-state index contributed by atoms with van der Waals surface area (Å²) in [6.45, 7) is 2.23. The second-order valence-electron chi connectivity index (χ2n) is 5.88. The van der Waals surface area contributed by atoms with Crippen molar-refractivity contribution in [3.05, 3.63) is 12.2 Å². The van der Waals surface area contributed by atoms with Crippen LogP contribution in [0.25, 0.3) is 0 Å². The third-order valence-electron chi connectivity index (χ3n) is 3.71. The van der Waals surface area contributed by atoms with E-state index in [1.807, 2.05) is 6.08 Å². The standard InChI is InChI=1S/C18H34O3.Na/c1-2-3-4-5-6-7-8-11-14-17(19)15-12-9-10-13-16-18(20)21;/h11,14,17,19H,2-10,12-13,15-16H2,1H3,(H,20,21);/q;+1/p-1/b14-11-;. The van der Waals surface area contributed by atoms with Gasteiger partial charge < -0.3 is 15.0 Å². The van der Waals surface area contributed by atoms with Crippen molar-refractivity contribution < 1.29 is 44.6 Å². The molecule has 22 heavy (non-hydrogen) atoms. The fourth-order valence-electron chi connectivity index (χ4n) is 2.37. The Labute approximate surface area is 158 Å². The van der Waals surface area contributed by atoms with Crippen molar-refractivity contribution in [2.75, 3.05) is 0 Å². The molecule has 0 aromatic carbocycles. The number of hydrogen-bond acceptors (Lipinski definition) is 3. The number of allylic oxidation sites excluding steroid dienone is 1. The summed E-state index contributed by atoms with van der Waals surface area (Å²) in [5, 5.41) is 20.0. The normalized spacial score (nSPS) is 12.3. The summed E-state index contributed by atoms with van der Waals surface area (Å²) in [6.07, 6.45) is 17.0. The van der Waals surface area contributed by atoms with Gasteiger partial charge in [-0.3, -0.25) is 0 Å². The molecule has 0 radical (unpaired) electrons. The van der Waals surface area contributed by atoms with E-state index in [0.717, 1.165) is 32.1 Å². The summed E-state index contributed by atoms with van der Waals surface area (Å²) in [6, 6.07) is 0. The van der Waals surface area contributed by atoms with Gasteiger partial charge in [-0.05, 0) is 32.1 Å². The number of carboxylic acids is 1. The average Bonchev–Trinajstić information content (AvgIpc) is 2.45. The molecule has 0 saturated heterocycles. The number of aliphatic hydroxyl groups is 1. The molecule has 1 N–H and O–H groups in total. The van der Waals surface area contributed by atoms with Crippen LogP contribution in [-0.4, -0.2) is 17.2 Å². The van der Waals surface area contributed by atoms with Crippen LogP contribution in [0.15, 0.2) is 12.2 Å². The number of carboxylic acid groups (broad SMARTS) is 1. The van der Waals surface area contributed by atoms with E-state index in [9.17, 15) is 15.0 Å². The third-order valence-corrected chi connectivity index (χ3v) is 3.71. The van der Waals surface area contributed by atoms with E-state index in [0.29, 0.717) is 6.42 Å². The van der Waals surface area contributed by atoms with Gasteiger partial charge in [-0.1, -0.05) is 70.4 Å². The van der Waals surface area contributed by atoms with Crippen LogP contribution in [0.4, 0.5) is 0 Å². The van der Waals surface area contributed by atoms with Crippen molar-refractivity contribution in [2.45, 2.75) is 96.5 Å². The van der Waals surface area contributed by atoms with Crippen molar-refractivity contribution in [1.82, 2.24) is 0 Å². The van der Waals surface area contributed by atoms with Crippen LogP contribution in [0.5, 0.6) is 0 Å². The first-order valence-corrected chi connectivity index (χ1v) is 8.71. The summed E-state index contributed by atoms with van der Waals surface area (Å²) >= 11 is 0. The Bertz CT molecular complexity index is 267.